The topological polar surface area (TPSA) is 299 Å². The highest BCUT2D eigenvalue weighted by atomic mass is 16.4. The molecule has 16 nitrogen and oxygen atoms in total. The van der Waals surface area contributed by atoms with Gasteiger partial charge < -0.3 is 54.2 Å². The highest BCUT2D eigenvalue weighted by molar-refractivity contribution is 5.94. The minimum Gasteiger partial charge on any atom is -0.480 e. The second-order valence-corrected chi connectivity index (χ2v) is 6.95. The van der Waals surface area contributed by atoms with E-state index in [1.807, 2.05) is 5.32 Å². The van der Waals surface area contributed by atoms with E-state index in [0.717, 1.165) is 0 Å². The Hall–Kier alpha value is -3.50. The minimum atomic E-state index is -1.65. The van der Waals surface area contributed by atoms with Crippen molar-refractivity contribution in [2.75, 3.05) is 19.8 Å². The molecule has 188 valence electrons. The molecule has 0 bridgehead atoms. The number of aliphatic hydroxyl groups is 2. The number of aliphatic carboxylic acids is 1. The molecule has 0 aromatic heterocycles. The first-order chi connectivity index (χ1) is 15.4. The van der Waals surface area contributed by atoms with Crippen LogP contribution in [0.4, 0.5) is 0 Å². The van der Waals surface area contributed by atoms with Crippen LogP contribution < -0.4 is 38.9 Å². The average molecular weight is 476 g/mol. The Morgan fingerprint density at radius 1 is 0.788 bits per heavy atom. The van der Waals surface area contributed by atoms with Crippen LogP contribution in [-0.2, 0) is 24.0 Å². The standard InChI is InChI=1S/C17H32N8O8/c18-8(6-26)13(29)23-9(2-1-5-22-17(20)21)14(30)24-10(3-4-12(19)28)15(31)25-11(7-27)16(32)33/h8-11,26-27H,1-7,18H2,(H2,19,28)(H,23,29)(H,24,30)(H,25,31)(H,32,33)(H4,20,21,22). The second-order valence-electron chi connectivity index (χ2n) is 6.95. The Labute approximate surface area is 189 Å². The number of aliphatic hydroxyl groups excluding tert-OH is 2. The lowest BCUT2D eigenvalue weighted by atomic mass is 10.1. The van der Waals surface area contributed by atoms with Crippen molar-refractivity contribution in [3.8, 4) is 0 Å². The van der Waals surface area contributed by atoms with E-state index in [9.17, 15) is 24.0 Å². The quantitative estimate of drug-likeness (QED) is 0.0568. The van der Waals surface area contributed by atoms with Crippen molar-refractivity contribution in [2.45, 2.75) is 49.9 Å². The molecule has 0 spiro atoms. The summed E-state index contributed by atoms with van der Waals surface area (Å²) in [6.07, 6.45) is -0.374. The van der Waals surface area contributed by atoms with E-state index in [1.165, 1.54) is 0 Å². The largest absolute Gasteiger partial charge is 0.480 e. The zero-order chi connectivity index (χ0) is 25.6. The van der Waals surface area contributed by atoms with Gasteiger partial charge in [-0.3, -0.25) is 24.2 Å². The van der Waals surface area contributed by atoms with Crippen LogP contribution in [0.25, 0.3) is 0 Å². The third-order valence-corrected chi connectivity index (χ3v) is 4.22. The molecule has 0 saturated carbocycles. The number of guanidine groups is 1. The van der Waals surface area contributed by atoms with Gasteiger partial charge in [0.15, 0.2) is 5.96 Å². The van der Waals surface area contributed by atoms with Gasteiger partial charge in [0.1, 0.15) is 24.2 Å². The highest BCUT2D eigenvalue weighted by Crippen LogP contribution is 2.04. The van der Waals surface area contributed by atoms with Gasteiger partial charge in [-0.1, -0.05) is 0 Å². The summed E-state index contributed by atoms with van der Waals surface area (Å²) in [6, 6.07) is -5.61. The number of primary amides is 1. The average Bonchev–Trinajstić information content (AvgIpc) is 2.75. The smallest absolute Gasteiger partial charge is 0.328 e. The van der Waals surface area contributed by atoms with Crippen molar-refractivity contribution in [1.29, 1.82) is 0 Å². The van der Waals surface area contributed by atoms with Crippen molar-refractivity contribution in [1.82, 2.24) is 16.0 Å². The third-order valence-electron chi connectivity index (χ3n) is 4.22. The molecule has 0 aromatic carbocycles. The maximum atomic E-state index is 12.8. The normalized spacial score (nSPS) is 14.2. The van der Waals surface area contributed by atoms with Gasteiger partial charge in [0.2, 0.25) is 23.6 Å². The first-order valence-corrected chi connectivity index (χ1v) is 9.87. The van der Waals surface area contributed by atoms with Crippen LogP contribution in [0.1, 0.15) is 25.7 Å². The van der Waals surface area contributed by atoms with Crippen LogP contribution in [0.5, 0.6) is 0 Å². The fourth-order valence-corrected chi connectivity index (χ4v) is 2.42. The molecule has 0 radical (unpaired) electrons. The molecule has 4 amide bonds. The van der Waals surface area contributed by atoms with Gasteiger partial charge in [0.25, 0.3) is 0 Å². The van der Waals surface area contributed by atoms with Crippen LogP contribution in [0.2, 0.25) is 0 Å². The van der Waals surface area contributed by atoms with Crippen molar-refractivity contribution < 1.29 is 39.3 Å². The zero-order valence-electron chi connectivity index (χ0n) is 17.9. The summed E-state index contributed by atoms with van der Waals surface area (Å²) in [7, 11) is 0. The van der Waals surface area contributed by atoms with Crippen molar-refractivity contribution >= 4 is 35.6 Å². The Balaban J connectivity index is 5.50. The molecule has 0 aliphatic carbocycles. The van der Waals surface area contributed by atoms with E-state index >= 15 is 0 Å². The molecule has 14 N–H and O–H groups in total. The van der Waals surface area contributed by atoms with E-state index in [-0.39, 0.29) is 38.2 Å². The van der Waals surface area contributed by atoms with Crippen molar-refractivity contribution in [2.24, 2.45) is 27.9 Å². The summed E-state index contributed by atoms with van der Waals surface area (Å²) in [4.78, 5) is 63.2. The van der Waals surface area contributed by atoms with Gasteiger partial charge in [0.05, 0.1) is 13.2 Å². The van der Waals surface area contributed by atoms with Crippen LogP contribution in [0.3, 0.4) is 0 Å². The van der Waals surface area contributed by atoms with E-state index < -0.39 is 67.0 Å². The number of carboxylic acid groups (broad SMARTS) is 1. The summed E-state index contributed by atoms with van der Waals surface area (Å²) >= 11 is 0. The lowest BCUT2D eigenvalue weighted by molar-refractivity contribution is -0.143. The predicted octanol–water partition coefficient (Wildman–Crippen LogP) is -5.84. The Morgan fingerprint density at radius 2 is 1.30 bits per heavy atom. The highest BCUT2D eigenvalue weighted by Gasteiger charge is 2.30. The number of carbonyl (C=O) groups is 5. The molecule has 4 atom stereocenters. The molecule has 33 heavy (non-hydrogen) atoms. The number of nitrogens with one attached hydrogen (secondary N) is 3. The van der Waals surface area contributed by atoms with Gasteiger partial charge in [0, 0.05) is 13.0 Å². The Morgan fingerprint density at radius 3 is 1.76 bits per heavy atom. The SMILES string of the molecule is NC(=O)CCC(NC(=O)C(CCCN=C(N)N)NC(=O)C(N)CO)C(=O)NC(CO)C(=O)O. The lowest BCUT2D eigenvalue weighted by Gasteiger charge is -2.24. The number of nitrogens with zero attached hydrogens (tertiary/aromatic N) is 1. The summed E-state index contributed by atoms with van der Waals surface area (Å²) in [5.41, 5.74) is 21.0. The molecule has 0 saturated heterocycles. The summed E-state index contributed by atoms with van der Waals surface area (Å²) < 4.78 is 0. The van der Waals surface area contributed by atoms with E-state index in [4.69, 9.17) is 38.3 Å². The first-order valence-electron chi connectivity index (χ1n) is 9.87. The first kappa shape index (κ1) is 29.5. The fraction of sp³-hybridized carbons (Fsp3) is 0.647. The van der Waals surface area contributed by atoms with Crippen LogP contribution >= 0.6 is 0 Å². The zero-order valence-corrected chi connectivity index (χ0v) is 17.9. The second kappa shape index (κ2) is 15.3. The lowest BCUT2D eigenvalue weighted by Crippen LogP contribution is -2.57. The van der Waals surface area contributed by atoms with E-state index in [1.54, 1.807) is 0 Å². The van der Waals surface area contributed by atoms with Crippen molar-refractivity contribution in [3.05, 3.63) is 0 Å². The number of aliphatic imine (C=N–C) groups is 1. The molecule has 0 aliphatic heterocycles. The monoisotopic (exact) mass is 476 g/mol. The molecular formula is C17H32N8O8. The summed E-state index contributed by atoms with van der Waals surface area (Å²) in [6.45, 7) is -1.48. The predicted molar refractivity (Wildman–Crippen MR) is 114 cm³/mol. The van der Waals surface area contributed by atoms with Crippen LogP contribution in [0, 0.1) is 0 Å². The Bertz CT molecular complexity index is 728. The molecule has 0 fully saturated rings. The van der Waals surface area contributed by atoms with Crippen LogP contribution in [0.15, 0.2) is 4.99 Å². The molecule has 0 aliphatic rings. The number of nitrogens with two attached hydrogens (primary N) is 4. The molecule has 0 aromatic rings. The van der Waals surface area contributed by atoms with Crippen molar-refractivity contribution in [3.63, 3.8) is 0 Å². The summed E-state index contributed by atoms with van der Waals surface area (Å²) in [5, 5.41) is 33.8. The third kappa shape index (κ3) is 12.2. The van der Waals surface area contributed by atoms with Gasteiger partial charge in [-0.2, -0.15) is 0 Å². The summed E-state index contributed by atoms with van der Waals surface area (Å²) in [5.74, 6) is -5.18. The number of hydrogen-bond acceptors (Lipinski definition) is 9. The maximum absolute atomic E-state index is 12.8. The maximum Gasteiger partial charge on any atom is 0.328 e. The minimum absolute atomic E-state index is 0.00501. The van der Waals surface area contributed by atoms with E-state index in [0.29, 0.717) is 0 Å². The molecular weight excluding hydrogens is 444 g/mol. The Kier molecular flexibility index (Phi) is 13.7. The van der Waals surface area contributed by atoms with E-state index in [2.05, 4.69) is 15.6 Å². The molecule has 4 unspecified atom stereocenters. The number of hydrogen-bond donors (Lipinski definition) is 10. The molecule has 16 heteroatoms. The van der Waals surface area contributed by atoms with Gasteiger partial charge in [-0.05, 0) is 19.3 Å². The van der Waals surface area contributed by atoms with Gasteiger partial charge in [-0.15, -0.1) is 0 Å². The molecule has 0 heterocycles. The fourth-order valence-electron chi connectivity index (χ4n) is 2.42. The number of rotatable bonds is 16. The van der Waals surface area contributed by atoms with Crippen LogP contribution in [-0.4, -0.2) is 94.8 Å². The number of amides is 4. The number of carbonyl (C=O) groups excluding carboxylic acids is 4. The van der Waals surface area contributed by atoms with Gasteiger partial charge >= 0.3 is 5.97 Å². The number of carboxylic acids is 1. The molecule has 0 rings (SSSR count). The van der Waals surface area contributed by atoms with Gasteiger partial charge in [-0.25, -0.2) is 4.79 Å².